The van der Waals surface area contributed by atoms with Gasteiger partial charge in [-0.25, -0.2) is 0 Å². The lowest BCUT2D eigenvalue weighted by Gasteiger charge is -2.25. The van der Waals surface area contributed by atoms with Gasteiger partial charge in [-0.3, -0.25) is 14.5 Å². The van der Waals surface area contributed by atoms with E-state index >= 15 is 0 Å². The van der Waals surface area contributed by atoms with E-state index in [1.54, 1.807) is 36.4 Å². The van der Waals surface area contributed by atoms with E-state index in [9.17, 15) is 14.7 Å². The lowest BCUT2D eigenvalue weighted by molar-refractivity contribution is -0.132. The Bertz CT molecular complexity index is 1330. The molecule has 4 rings (SSSR count). The Morgan fingerprint density at radius 3 is 2.46 bits per heavy atom. The summed E-state index contributed by atoms with van der Waals surface area (Å²) in [5.41, 5.74) is 1.47. The van der Waals surface area contributed by atoms with Crippen LogP contribution in [0.25, 0.3) is 5.76 Å². The van der Waals surface area contributed by atoms with Gasteiger partial charge in [-0.1, -0.05) is 11.6 Å². The highest BCUT2D eigenvalue weighted by Crippen LogP contribution is 2.47. The highest BCUT2D eigenvalue weighted by atomic mass is 35.5. The van der Waals surface area contributed by atoms with E-state index in [0.29, 0.717) is 29.5 Å². The molecule has 0 saturated carbocycles. The Morgan fingerprint density at radius 1 is 1.09 bits per heavy atom. The molecule has 1 unspecified atom stereocenters. The zero-order valence-electron chi connectivity index (χ0n) is 19.6. The number of amides is 1. The molecule has 0 radical (unpaired) electrons. The normalized spacial score (nSPS) is 17.1. The topological polar surface area (TPSA) is 85.3 Å². The number of halogens is 1. The van der Waals surface area contributed by atoms with Gasteiger partial charge in [0.15, 0.2) is 11.5 Å². The van der Waals surface area contributed by atoms with Gasteiger partial charge < -0.3 is 19.3 Å². The smallest absolute Gasteiger partial charge is 0.300 e. The van der Waals surface area contributed by atoms with Crippen LogP contribution in [-0.2, 0) is 9.59 Å². The number of Topliss-reactive ketones (excluding diaryl/α,β-unsaturated/α-hetero) is 1. The molecule has 1 fully saturated rings. The highest BCUT2D eigenvalue weighted by molar-refractivity contribution is 7.10. The molecule has 1 saturated heterocycles. The lowest BCUT2D eigenvalue weighted by Crippen LogP contribution is -2.29. The first-order valence-electron chi connectivity index (χ1n) is 10.8. The highest BCUT2D eigenvalue weighted by Gasteiger charge is 2.48. The van der Waals surface area contributed by atoms with Gasteiger partial charge in [-0.05, 0) is 61.2 Å². The number of rotatable bonds is 7. The Balaban J connectivity index is 1.95. The number of aryl methyl sites for hydroxylation is 1. The summed E-state index contributed by atoms with van der Waals surface area (Å²) in [5.74, 6) is -0.578. The third-order valence-electron chi connectivity index (χ3n) is 5.74. The van der Waals surface area contributed by atoms with Gasteiger partial charge in [0.25, 0.3) is 11.7 Å². The van der Waals surface area contributed by atoms with Crippen LogP contribution < -0.4 is 19.1 Å². The summed E-state index contributed by atoms with van der Waals surface area (Å²) in [4.78, 5) is 28.9. The van der Waals surface area contributed by atoms with Crippen LogP contribution in [0.4, 0.5) is 5.69 Å². The van der Waals surface area contributed by atoms with Gasteiger partial charge in [0, 0.05) is 22.2 Å². The van der Waals surface area contributed by atoms with E-state index < -0.39 is 17.7 Å². The molecule has 3 aromatic rings. The van der Waals surface area contributed by atoms with Crippen molar-refractivity contribution in [1.82, 2.24) is 0 Å². The predicted molar refractivity (Wildman–Crippen MR) is 136 cm³/mol. The van der Waals surface area contributed by atoms with Gasteiger partial charge in [0.2, 0.25) is 0 Å². The molecular formula is C26H24ClNO6S. The standard InChI is InChI=1S/C26H24ClNO6S/c1-5-34-16-7-8-18(27)17(13-16)23(29)21-22(25-14(2)10-11-35-25)28(26(31)24(21)30)15-6-9-19(32-3)20(12-15)33-4/h6-13,22,29H,5H2,1-4H3/b23-21-. The van der Waals surface area contributed by atoms with Crippen LogP contribution in [0.3, 0.4) is 0 Å². The van der Waals surface area contributed by atoms with Crippen LogP contribution in [0.5, 0.6) is 17.2 Å². The zero-order chi connectivity index (χ0) is 25.3. The summed E-state index contributed by atoms with van der Waals surface area (Å²) >= 11 is 7.79. The van der Waals surface area contributed by atoms with Crippen molar-refractivity contribution >= 4 is 46.1 Å². The Kier molecular flexibility index (Phi) is 7.05. The fourth-order valence-electron chi connectivity index (χ4n) is 4.07. The molecule has 2 heterocycles. The zero-order valence-corrected chi connectivity index (χ0v) is 21.2. The minimum Gasteiger partial charge on any atom is -0.507 e. The average molecular weight is 514 g/mol. The molecule has 182 valence electrons. The van der Waals surface area contributed by atoms with Gasteiger partial charge in [-0.2, -0.15) is 0 Å². The van der Waals surface area contributed by atoms with Crippen molar-refractivity contribution in [3.8, 4) is 17.2 Å². The number of anilines is 1. The second-order valence-corrected chi connectivity index (χ2v) is 9.11. The van der Waals surface area contributed by atoms with Crippen molar-refractivity contribution in [3.05, 3.63) is 74.4 Å². The predicted octanol–water partition coefficient (Wildman–Crippen LogP) is 5.75. The average Bonchev–Trinajstić information content (AvgIpc) is 3.39. The van der Waals surface area contributed by atoms with Crippen molar-refractivity contribution in [3.63, 3.8) is 0 Å². The molecule has 2 aromatic carbocycles. The van der Waals surface area contributed by atoms with Gasteiger partial charge in [-0.15, -0.1) is 11.3 Å². The van der Waals surface area contributed by atoms with Crippen molar-refractivity contribution in [2.24, 2.45) is 0 Å². The lowest BCUT2D eigenvalue weighted by atomic mass is 9.98. The monoisotopic (exact) mass is 513 g/mol. The number of thiophene rings is 1. The number of benzene rings is 2. The second-order valence-electron chi connectivity index (χ2n) is 7.75. The SMILES string of the molecule is CCOc1ccc(Cl)c(/C(O)=C2/C(=O)C(=O)N(c3ccc(OC)c(OC)c3)C2c2sccc2C)c1. The van der Waals surface area contributed by atoms with E-state index in [1.807, 2.05) is 25.3 Å². The summed E-state index contributed by atoms with van der Waals surface area (Å²) in [6, 6.07) is 10.8. The summed E-state index contributed by atoms with van der Waals surface area (Å²) in [7, 11) is 3.00. The first-order valence-corrected chi connectivity index (χ1v) is 12.1. The van der Waals surface area contributed by atoms with Crippen molar-refractivity contribution < 1.29 is 28.9 Å². The van der Waals surface area contributed by atoms with Crippen LogP contribution >= 0.6 is 22.9 Å². The number of ketones is 1. The minimum atomic E-state index is -0.861. The summed E-state index contributed by atoms with van der Waals surface area (Å²) in [6.45, 7) is 4.14. The molecule has 0 spiro atoms. The molecule has 1 amide bonds. The first kappa shape index (κ1) is 24.6. The van der Waals surface area contributed by atoms with E-state index in [0.717, 1.165) is 10.4 Å². The molecule has 0 aliphatic carbocycles. The number of hydrogen-bond donors (Lipinski definition) is 1. The second kappa shape index (κ2) is 10.0. The molecule has 7 nitrogen and oxygen atoms in total. The van der Waals surface area contributed by atoms with Crippen LogP contribution in [0.2, 0.25) is 5.02 Å². The first-order chi connectivity index (χ1) is 16.8. The Labute approximate surface area is 212 Å². The summed E-state index contributed by atoms with van der Waals surface area (Å²) in [5, 5.41) is 13.5. The van der Waals surface area contributed by atoms with Crippen LogP contribution in [0.15, 0.2) is 53.4 Å². The van der Waals surface area contributed by atoms with Gasteiger partial charge >= 0.3 is 0 Å². The van der Waals surface area contributed by atoms with Crippen LogP contribution in [-0.4, -0.2) is 37.6 Å². The van der Waals surface area contributed by atoms with Crippen molar-refractivity contribution in [2.45, 2.75) is 19.9 Å². The molecule has 1 aromatic heterocycles. The minimum absolute atomic E-state index is 0.0501. The molecule has 35 heavy (non-hydrogen) atoms. The fourth-order valence-corrected chi connectivity index (χ4v) is 5.31. The van der Waals surface area contributed by atoms with Crippen molar-refractivity contribution in [1.29, 1.82) is 0 Å². The number of carbonyl (C=O) groups is 2. The maximum atomic E-state index is 13.4. The Hall–Kier alpha value is -3.49. The fraction of sp³-hybridized carbons (Fsp3) is 0.231. The molecule has 1 atom stereocenters. The maximum absolute atomic E-state index is 13.4. The quantitative estimate of drug-likeness (QED) is 0.246. The van der Waals surface area contributed by atoms with E-state index in [-0.39, 0.29) is 21.9 Å². The van der Waals surface area contributed by atoms with Crippen molar-refractivity contribution in [2.75, 3.05) is 25.7 Å². The number of methoxy groups -OCH3 is 2. The Morgan fingerprint density at radius 2 is 1.83 bits per heavy atom. The van der Waals surface area contributed by atoms with Crippen LogP contribution in [0, 0.1) is 6.92 Å². The molecule has 0 bridgehead atoms. The molecule has 1 aliphatic rings. The number of nitrogens with zero attached hydrogens (tertiary/aromatic N) is 1. The molecule has 1 N–H and O–H groups in total. The number of ether oxygens (including phenoxy) is 3. The number of aliphatic hydroxyl groups is 1. The summed E-state index contributed by atoms with van der Waals surface area (Å²) in [6.07, 6.45) is 0. The van der Waals surface area contributed by atoms with Gasteiger partial charge in [0.05, 0.1) is 31.4 Å². The third kappa shape index (κ3) is 4.35. The van der Waals surface area contributed by atoms with E-state index in [4.69, 9.17) is 25.8 Å². The number of carbonyl (C=O) groups excluding carboxylic acids is 2. The van der Waals surface area contributed by atoms with Crippen LogP contribution in [0.1, 0.15) is 29.0 Å². The third-order valence-corrected chi connectivity index (χ3v) is 7.14. The van der Waals surface area contributed by atoms with E-state index in [2.05, 4.69) is 0 Å². The number of hydrogen-bond acceptors (Lipinski definition) is 7. The largest absolute Gasteiger partial charge is 0.507 e. The van der Waals surface area contributed by atoms with Gasteiger partial charge in [0.1, 0.15) is 17.6 Å². The molecule has 9 heteroatoms. The molecule has 1 aliphatic heterocycles. The number of aliphatic hydroxyl groups excluding tert-OH is 1. The summed E-state index contributed by atoms with van der Waals surface area (Å²) < 4.78 is 16.3. The maximum Gasteiger partial charge on any atom is 0.300 e. The van der Waals surface area contributed by atoms with E-state index in [1.165, 1.54) is 30.5 Å². The molecular weight excluding hydrogens is 490 g/mol.